The molecule has 12 heteroatoms. The van der Waals surface area contributed by atoms with E-state index in [2.05, 4.69) is 25.8 Å². The van der Waals surface area contributed by atoms with Crippen LogP contribution >= 0.6 is 0 Å². The first kappa shape index (κ1) is 39.8. The Morgan fingerprint density at radius 1 is 0.943 bits per heavy atom. The summed E-state index contributed by atoms with van der Waals surface area (Å²) in [6, 6.07) is 5.07. The van der Waals surface area contributed by atoms with E-state index < -0.39 is 36.0 Å². The summed E-state index contributed by atoms with van der Waals surface area (Å²) >= 11 is 0. The first-order valence-electron chi connectivity index (χ1n) is 19.4. The minimum atomic E-state index is -0.836. The number of benzene rings is 1. The van der Waals surface area contributed by atoms with E-state index in [1.807, 2.05) is 51.4 Å². The van der Waals surface area contributed by atoms with Gasteiger partial charge in [0.25, 0.3) is 11.8 Å². The summed E-state index contributed by atoms with van der Waals surface area (Å²) in [6.45, 7) is 7.39. The number of rotatable bonds is 15. The molecule has 5 rings (SSSR count). The fraction of sp³-hybridized carbons (Fsp3) is 0.585. The van der Waals surface area contributed by atoms with Gasteiger partial charge < -0.3 is 30.6 Å². The molecule has 1 saturated heterocycles. The molecule has 4 N–H and O–H groups in total. The van der Waals surface area contributed by atoms with Crippen LogP contribution in [0.3, 0.4) is 0 Å². The Bertz CT molecular complexity index is 1670. The third kappa shape index (κ3) is 10.6. The van der Waals surface area contributed by atoms with Crippen molar-refractivity contribution >= 4 is 40.4 Å². The highest BCUT2D eigenvalue weighted by Crippen LogP contribution is 2.29. The van der Waals surface area contributed by atoms with Gasteiger partial charge in [-0.2, -0.15) is 0 Å². The topological polar surface area (TPSA) is 153 Å². The zero-order valence-electron chi connectivity index (χ0n) is 32.0. The van der Waals surface area contributed by atoms with Crippen molar-refractivity contribution in [1.82, 2.24) is 30.7 Å². The molecule has 5 amide bonds. The molecule has 2 aliphatic heterocycles. The Balaban J connectivity index is 1.22. The molecular weight excluding hydrogens is 672 g/mol. The number of H-pyrrole nitrogens is 1. The number of aromatic amines is 1. The number of methoxy groups -OCH3 is 1. The second kappa shape index (κ2) is 18.5. The maximum absolute atomic E-state index is 13.9. The number of aromatic nitrogens is 1. The Morgan fingerprint density at radius 3 is 2.34 bits per heavy atom. The standard InChI is InChI=1S/C41H58N6O6/c1-26(2)21-33(45-41(52)34(22-28-11-7-6-8-12-28)44-39(50)29-17-19-46(4)20-18-29)40(51)43-27(3)15-16-37(48)47-35(36(53-5)24-38(47)49)23-30-25-42-32-14-10-9-13-31(30)32/h9-10,13-16,24-29,33-35,42H,6-8,11-12,17-23H2,1-5H3,(H,43,51)(H,44,50)(H,45,52)/b16-15+/t27-,33-,34-,35-/m0/s1. The van der Waals surface area contributed by atoms with Gasteiger partial charge in [0.2, 0.25) is 17.7 Å². The lowest BCUT2D eigenvalue weighted by Gasteiger charge is -2.32. The van der Waals surface area contributed by atoms with Crippen molar-refractivity contribution < 1.29 is 28.7 Å². The normalized spacial score (nSPS) is 20.7. The highest BCUT2D eigenvalue weighted by Gasteiger charge is 2.38. The molecular formula is C41H58N6O6. The van der Waals surface area contributed by atoms with Crippen LogP contribution in [0.2, 0.25) is 0 Å². The number of para-hydroxylation sites is 1. The van der Waals surface area contributed by atoms with Crippen molar-refractivity contribution in [3.8, 4) is 0 Å². The van der Waals surface area contributed by atoms with Crippen molar-refractivity contribution in [3.63, 3.8) is 0 Å². The average molecular weight is 731 g/mol. The van der Waals surface area contributed by atoms with Gasteiger partial charge in [-0.05, 0) is 76.2 Å². The Labute approximate surface area is 313 Å². The van der Waals surface area contributed by atoms with Crippen LogP contribution in [0, 0.1) is 17.8 Å². The zero-order valence-corrected chi connectivity index (χ0v) is 32.0. The summed E-state index contributed by atoms with van der Waals surface area (Å²) in [5.41, 5.74) is 1.91. The van der Waals surface area contributed by atoms with Gasteiger partial charge in [0.15, 0.2) is 0 Å². The van der Waals surface area contributed by atoms with Crippen molar-refractivity contribution in [3.05, 3.63) is 60.0 Å². The molecule has 0 unspecified atom stereocenters. The second-order valence-electron chi connectivity index (χ2n) is 15.6. The van der Waals surface area contributed by atoms with E-state index in [-0.39, 0.29) is 29.6 Å². The van der Waals surface area contributed by atoms with E-state index in [1.165, 1.54) is 30.6 Å². The number of likely N-dealkylation sites (tertiary alicyclic amines) is 1. The van der Waals surface area contributed by atoms with Gasteiger partial charge in [-0.3, -0.25) is 28.9 Å². The summed E-state index contributed by atoms with van der Waals surface area (Å²) in [4.78, 5) is 74.1. The Morgan fingerprint density at radius 2 is 1.64 bits per heavy atom. The predicted molar refractivity (Wildman–Crippen MR) is 204 cm³/mol. The van der Waals surface area contributed by atoms with Crippen LogP contribution in [-0.2, 0) is 35.1 Å². The number of carbonyl (C=O) groups is 5. The maximum atomic E-state index is 13.9. The van der Waals surface area contributed by atoms with Crippen molar-refractivity contribution in [2.24, 2.45) is 17.8 Å². The predicted octanol–water partition coefficient (Wildman–Crippen LogP) is 4.37. The fourth-order valence-electron chi connectivity index (χ4n) is 7.93. The van der Waals surface area contributed by atoms with Crippen molar-refractivity contribution in [2.45, 2.75) is 109 Å². The Hall–Kier alpha value is -4.45. The van der Waals surface area contributed by atoms with E-state index in [1.54, 1.807) is 13.0 Å². The molecule has 0 radical (unpaired) electrons. The number of amides is 5. The lowest BCUT2D eigenvalue weighted by atomic mass is 9.84. The molecule has 1 aromatic carbocycles. The first-order chi connectivity index (χ1) is 25.4. The number of nitrogens with zero attached hydrogens (tertiary/aromatic N) is 2. The zero-order chi connectivity index (χ0) is 38.1. The fourth-order valence-corrected chi connectivity index (χ4v) is 7.93. The molecule has 3 heterocycles. The third-order valence-corrected chi connectivity index (χ3v) is 11.0. The van der Waals surface area contributed by atoms with Crippen LogP contribution in [-0.4, -0.2) is 95.7 Å². The lowest BCUT2D eigenvalue weighted by Crippen LogP contribution is -2.56. The molecule has 2 aromatic rings. The van der Waals surface area contributed by atoms with Gasteiger partial charge in [-0.25, -0.2) is 0 Å². The van der Waals surface area contributed by atoms with Gasteiger partial charge >= 0.3 is 0 Å². The molecule has 288 valence electrons. The van der Waals surface area contributed by atoms with Gasteiger partial charge in [0.05, 0.1) is 7.11 Å². The van der Waals surface area contributed by atoms with Crippen LogP contribution in [0.25, 0.3) is 10.9 Å². The van der Waals surface area contributed by atoms with Crippen molar-refractivity contribution in [2.75, 3.05) is 27.2 Å². The van der Waals surface area contributed by atoms with Gasteiger partial charge in [-0.15, -0.1) is 0 Å². The molecule has 53 heavy (non-hydrogen) atoms. The summed E-state index contributed by atoms with van der Waals surface area (Å²) in [7, 11) is 3.53. The summed E-state index contributed by atoms with van der Waals surface area (Å²) in [6.07, 6.45) is 14.4. The average Bonchev–Trinajstić information content (AvgIpc) is 3.70. The lowest BCUT2D eigenvalue weighted by molar-refractivity contribution is -0.139. The first-order valence-corrected chi connectivity index (χ1v) is 19.4. The largest absolute Gasteiger partial charge is 0.499 e. The summed E-state index contributed by atoms with van der Waals surface area (Å²) < 4.78 is 5.51. The minimum absolute atomic E-state index is 0.0876. The Kier molecular flexibility index (Phi) is 13.9. The quantitative estimate of drug-likeness (QED) is 0.199. The molecule has 1 aromatic heterocycles. The van der Waals surface area contributed by atoms with E-state index in [9.17, 15) is 24.0 Å². The number of hydrogen-bond acceptors (Lipinski definition) is 7. The molecule has 2 fully saturated rings. The third-order valence-electron chi connectivity index (χ3n) is 11.0. The van der Waals surface area contributed by atoms with E-state index in [0.717, 1.165) is 68.1 Å². The van der Waals surface area contributed by atoms with E-state index >= 15 is 0 Å². The van der Waals surface area contributed by atoms with Gasteiger partial charge in [0, 0.05) is 47.6 Å². The second-order valence-corrected chi connectivity index (χ2v) is 15.6. The highest BCUT2D eigenvalue weighted by atomic mass is 16.5. The molecule has 1 saturated carbocycles. The van der Waals surface area contributed by atoms with Crippen LogP contribution in [0.4, 0.5) is 0 Å². The van der Waals surface area contributed by atoms with Crippen LogP contribution in [0.5, 0.6) is 0 Å². The molecule has 4 atom stereocenters. The van der Waals surface area contributed by atoms with Crippen LogP contribution < -0.4 is 16.0 Å². The monoisotopic (exact) mass is 730 g/mol. The number of piperidine rings is 1. The van der Waals surface area contributed by atoms with E-state index in [0.29, 0.717) is 30.9 Å². The summed E-state index contributed by atoms with van der Waals surface area (Å²) in [5.74, 6) is -1.09. The van der Waals surface area contributed by atoms with Crippen LogP contribution in [0.1, 0.15) is 84.1 Å². The number of fused-ring (bicyclic) bond motifs is 1. The van der Waals surface area contributed by atoms with Crippen LogP contribution in [0.15, 0.2) is 54.4 Å². The number of nitrogens with one attached hydrogen (secondary N) is 4. The molecule has 12 nitrogen and oxygen atoms in total. The molecule has 3 aliphatic rings. The molecule has 1 aliphatic carbocycles. The molecule has 0 spiro atoms. The van der Waals surface area contributed by atoms with Gasteiger partial charge in [-0.1, -0.05) is 70.2 Å². The number of imide groups is 1. The number of carbonyl (C=O) groups excluding carboxylic acids is 5. The number of ether oxygens (including phenoxy) is 1. The van der Waals surface area contributed by atoms with Crippen molar-refractivity contribution in [1.29, 1.82) is 0 Å². The SMILES string of the molecule is COC1=CC(=O)N(C(=O)/C=C/[C@H](C)NC(=O)[C@H](CC(C)C)NC(=O)[C@H](CC2CCCCC2)NC(=O)C2CCN(C)CC2)[C@H]1Cc1c[nH]c2ccccc12. The van der Waals surface area contributed by atoms with Gasteiger partial charge in [0.1, 0.15) is 23.9 Å². The van der Waals surface area contributed by atoms with E-state index in [4.69, 9.17) is 4.74 Å². The number of hydrogen-bond donors (Lipinski definition) is 4. The summed E-state index contributed by atoms with van der Waals surface area (Å²) in [5, 5.41) is 10.00. The maximum Gasteiger partial charge on any atom is 0.257 e. The smallest absolute Gasteiger partial charge is 0.257 e. The molecule has 0 bridgehead atoms. The highest BCUT2D eigenvalue weighted by molar-refractivity contribution is 6.08. The minimum Gasteiger partial charge on any atom is -0.499 e.